The third kappa shape index (κ3) is 5.77. The van der Waals surface area contributed by atoms with Crippen LogP contribution in [0.15, 0.2) is 42.2 Å². The van der Waals surface area contributed by atoms with E-state index < -0.39 is 0 Å². The molecule has 0 aliphatic carbocycles. The third-order valence-electron chi connectivity index (χ3n) is 4.80. The fourth-order valence-electron chi connectivity index (χ4n) is 2.86. The highest BCUT2D eigenvalue weighted by atomic mass is 79.9. The van der Waals surface area contributed by atoms with Gasteiger partial charge in [-0.3, -0.25) is 0 Å². The van der Waals surface area contributed by atoms with Gasteiger partial charge in [-0.1, -0.05) is 13.8 Å². The number of ether oxygens (including phenoxy) is 3. The van der Waals surface area contributed by atoms with E-state index in [0.29, 0.717) is 19.6 Å². The molecule has 0 amide bonds. The molecule has 1 atom stereocenters. The van der Waals surface area contributed by atoms with Crippen LogP contribution in [0.1, 0.15) is 31.4 Å². The summed E-state index contributed by atoms with van der Waals surface area (Å²) in [6.07, 6.45) is 0.799. The molecule has 0 saturated carbocycles. The fraction of sp³-hybridized carbons (Fsp3) is 0.429. The van der Waals surface area contributed by atoms with Crippen LogP contribution < -0.4 is 9.47 Å². The molecule has 29 heavy (non-hydrogen) atoms. The minimum atomic E-state index is -0.266. The van der Waals surface area contributed by atoms with Crippen LogP contribution >= 0.6 is 63.7 Å². The Hall–Kier alpha value is -0.120. The Bertz CT molecular complexity index is 835. The quantitative estimate of drug-likeness (QED) is 0.244. The standard InChI is InChI=1S/C21H22Br4O4/c1-21(2,12-6-15(22)19(16(23)7-12)27-5-3-4-26)13-8-17(24)20(18(25)9-13)29-11-14-10-28-14/h6-9,14,26H,3-5,10-11H2,1-2H3. The van der Waals surface area contributed by atoms with Crippen molar-refractivity contribution in [3.63, 3.8) is 0 Å². The van der Waals surface area contributed by atoms with E-state index in [9.17, 15) is 0 Å². The first-order valence-electron chi connectivity index (χ1n) is 9.21. The number of aliphatic hydroxyl groups is 1. The Balaban J connectivity index is 1.87. The van der Waals surface area contributed by atoms with E-state index in [1.165, 1.54) is 0 Å². The summed E-state index contributed by atoms with van der Waals surface area (Å²) in [5.74, 6) is 1.53. The Morgan fingerprint density at radius 3 is 1.79 bits per heavy atom. The van der Waals surface area contributed by atoms with Gasteiger partial charge in [0.25, 0.3) is 0 Å². The van der Waals surface area contributed by atoms with Gasteiger partial charge in [-0.05, 0) is 99.1 Å². The van der Waals surface area contributed by atoms with E-state index in [-0.39, 0.29) is 18.1 Å². The Morgan fingerprint density at radius 1 is 0.931 bits per heavy atom. The van der Waals surface area contributed by atoms with Gasteiger partial charge < -0.3 is 19.3 Å². The smallest absolute Gasteiger partial charge is 0.147 e. The average Bonchev–Trinajstić information content (AvgIpc) is 3.47. The molecule has 1 saturated heterocycles. The van der Waals surface area contributed by atoms with E-state index in [0.717, 1.165) is 47.1 Å². The molecular weight excluding hydrogens is 636 g/mol. The fourth-order valence-corrected chi connectivity index (χ4v) is 5.69. The Kier molecular flexibility index (Phi) is 8.12. The summed E-state index contributed by atoms with van der Waals surface area (Å²) in [7, 11) is 0. The monoisotopic (exact) mass is 654 g/mol. The van der Waals surface area contributed by atoms with Crippen LogP contribution in [0.5, 0.6) is 11.5 Å². The van der Waals surface area contributed by atoms with E-state index >= 15 is 0 Å². The molecule has 0 aromatic heterocycles. The molecule has 1 unspecified atom stereocenters. The maximum atomic E-state index is 8.96. The molecule has 0 bridgehead atoms. The first-order chi connectivity index (χ1) is 13.7. The maximum absolute atomic E-state index is 8.96. The van der Waals surface area contributed by atoms with Crippen molar-refractivity contribution in [2.75, 3.05) is 26.4 Å². The molecular formula is C21H22Br4O4. The number of halogens is 4. The van der Waals surface area contributed by atoms with Crippen molar-refractivity contribution >= 4 is 63.7 Å². The van der Waals surface area contributed by atoms with E-state index in [1.54, 1.807) is 0 Å². The highest BCUT2D eigenvalue weighted by Crippen LogP contribution is 2.44. The van der Waals surface area contributed by atoms with Gasteiger partial charge in [-0.25, -0.2) is 0 Å². The molecule has 4 nitrogen and oxygen atoms in total. The second-order valence-electron chi connectivity index (χ2n) is 7.36. The van der Waals surface area contributed by atoms with Crippen molar-refractivity contribution in [2.45, 2.75) is 31.8 Å². The van der Waals surface area contributed by atoms with Crippen molar-refractivity contribution in [2.24, 2.45) is 0 Å². The Labute approximate surface area is 204 Å². The number of aliphatic hydroxyl groups excluding tert-OH is 1. The molecule has 158 valence electrons. The molecule has 0 radical (unpaired) electrons. The van der Waals surface area contributed by atoms with Crippen molar-refractivity contribution in [1.29, 1.82) is 0 Å². The van der Waals surface area contributed by atoms with Crippen molar-refractivity contribution in [3.05, 3.63) is 53.3 Å². The minimum absolute atomic E-state index is 0.109. The van der Waals surface area contributed by atoms with Crippen molar-refractivity contribution in [1.82, 2.24) is 0 Å². The zero-order valence-corrected chi connectivity index (χ0v) is 22.5. The van der Waals surface area contributed by atoms with Crippen LogP contribution in [0.2, 0.25) is 0 Å². The van der Waals surface area contributed by atoms with Crippen molar-refractivity contribution < 1.29 is 19.3 Å². The average molecular weight is 658 g/mol. The summed E-state index contributed by atoms with van der Waals surface area (Å²) in [5.41, 5.74) is 2.00. The van der Waals surface area contributed by atoms with Crippen molar-refractivity contribution in [3.8, 4) is 11.5 Å². The van der Waals surface area contributed by atoms with Gasteiger partial charge in [-0.15, -0.1) is 0 Å². The van der Waals surface area contributed by atoms with Gasteiger partial charge in [0, 0.05) is 18.4 Å². The predicted molar refractivity (Wildman–Crippen MR) is 128 cm³/mol. The summed E-state index contributed by atoms with van der Waals surface area (Å²) in [6.45, 7) is 6.25. The molecule has 1 aliphatic heterocycles. The van der Waals surface area contributed by atoms with Crippen LogP contribution in [0, 0.1) is 0 Å². The molecule has 3 rings (SSSR count). The first-order valence-corrected chi connectivity index (χ1v) is 12.4. The number of hydrogen-bond donors (Lipinski definition) is 1. The lowest BCUT2D eigenvalue weighted by Crippen LogP contribution is -2.19. The molecule has 1 N–H and O–H groups in total. The molecule has 1 aliphatic rings. The topological polar surface area (TPSA) is 51.2 Å². The zero-order chi connectivity index (χ0) is 21.2. The highest BCUT2D eigenvalue weighted by Gasteiger charge is 2.28. The number of hydrogen-bond acceptors (Lipinski definition) is 4. The molecule has 2 aromatic rings. The van der Waals surface area contributed by atoms with E-state index in [1.807, 2.05) is 0 Å². The molecule has 1 heterocycles. The number of rotatable bonds is 9. The maximum Gasteiger partial charge on any atom is 0.147 e. The van der Waals surface area contributed by atoms with E-state index in [4.69, 9.17) is 19.3 Å². The van der Waals surface area contributed by atoms with Gasteiger partial charge in [-0.2, -0.15) is 0 Å². The second-order valence-corrected chi connectivity index (χ2v) is 10.8. The lowest BCUT2D eigenvalue weighted by Gasteiger charge is -2.28. The molecule has 2 aromatic carbocycles. The van der Waals surface area contributed by atoms with Crippen LogP contribution in [0.4, 0.5) is 0 Å². The first kappa shape index (κ1) is 23.5. The summed E-state index contributed by atoms with van der Waals surface area (Å²) in [6, 6.07) is 8.36. The molecule has 1 fully saturated rings. The summed E-state index contributed by atoms with van der Waals surface area (Å²) in [4.78, 5) is 0. The zero-order valence-electron chi connectivity index (χ0n) is 16.1. The van der Waals surface area contributed by atoms with Gasteiger partial charge in [0.15, 0.2) is 0 Å². The summed E-state index contributed by atoms with van der Waals surface area (Å²) < 4.78 is 20.5. The predicted octanol–water partition coefficient (Wildman–Crippen LogP) is 6.60. The molecule has 8 heteroatoms. The normalized spacial score (nSPS) is 16.0. The van der Waals surface area contributed by atoms with Crippen LogP contribution in [0.25, 0.3) is 0 Å². The highest BCUT2D eigenvalue weighted by molar-refractivity contribution is 9.11. The lowest BCUT2D eigenvalue weighted by molar-refractivity contribution is 0.232. The SMILES string of the molecule is CC(C)(c1cc(Br)c(OCCCO)c(Br)c1)c1cc(Br)c(OCC2CO2)c(Br)c1. The van der Waals surface area contributed by atoms with Crippen LogP contribution in [0.3, 0.4) is 0 Å². The van der Waals surface area contributed by atoms with Gasteiger partial charge >= 0.3 is 0 Å². The summed E-state index contributed by atoms with van der Waals surface area (Å²) in [5, 5.41) is 8.96. The summed E-state index contributed by atoms with van der Waals surface area (Å²) >= 11 is 14.6. The third-order valence-corrected chi connectivity index (χ3v) is 7.16. The number of epoxide rings is 1. The minimum Gasteiger partial charge on any atom is -0.491 e. The van der Waals surface area contributed by atoms with Gasteiger partial charge in [0.2, 0.25) is 0 Å². The number of benzene rings is 2. The van der Waals surface area contributed by atoms with Crippen LogP contribution in [-0.4, -0.2) is 37.6 Å². The lowest BCUT2D eigenvalue weighted by atomic mass is 9.78. The van der Waals surface area contributed by atoms with Gasteiger partial charge in [0.05, 0.1) is 31.1 Å². The van der Waals surface area contributed by atoms with Crippen LogP contribution in [-0.2, 0) is 10.2 Å². The van der Waals surface area contributed by atoms with E-state index in [2.05, 4.69) is 102 Å². The second kappa shape index (κ2) is 10.0. The Morgan fingerprint density at radius 2 is 1.38 bits per heavy atom. The largest absolute Gasteiger partial charge is 0.491 e. The van der Waals surface area contributed by atoms with Gasteiger partial charge in [0.1, 0.15) is 24.2 Å². The molecule has 0 spiro atoms.